The van der Waals surface area contributed by atoms with Gasteiger partial charge in [0.1, 0.15) is 5.82 Å². The van der Waals surface area contributed by atoms with Crippen LogP contribution in [0.5, 0.6) is 0 Å². The number of aliphatic carboxylic acids is 1. The summed E-state index contributed by atoms with van der Waals surface area (Å²) >= 11 is 0. The van der Waals surface area contributed by atoms with Gasteiger partial charge in [-0.25, -0.2) is 4.39 Å². The summed E-state index contributed by atoms with van der Waals surface area (Å²) < 4.78 is 13.5. The molecule has 5 nitrogen and oxygen atoms in total. The van der Waals surface area contributed by atoms with Crippen molar-refractivity contribution in [1.82, 2.24) is 0 Å². The zero-order chi connectivity index (χ0) is 13.4. The first-order valence-corrected chi connectivity index (χ1v) is 5.13. The normalized spacial score (nSPS) is 8.94. The molecule has 0 radical (unpaired) electrons. The fourth-order valence-corrected chi connectivity index (χ4v) is 1.25. The molecule has 0 aliphatic heterocycles. The molecule has 92 valence electrons. The molecule has 1 aromatic rings. The second-order valence-electron chi connectivity index (χ2n) is 3.39. The molecule has 0 unspecified atom stereocenters. The topological polar surface area (TPSA) is 86.1 Å². The van der Waals surface area contributed by atoms with Crippen LogP contribution >= 0.6 is 0 Å². The van der Waals surface area contributed by atoms with Crippen LogP contribution in [0, 0.1) is 17.7 Å². The number of benzene rings is 1. The van der Waals surface area contributed by atoms with Crippen LogP contribution in [0.2, 0.25) is 0 Å². The lowest BCUT2D eigenvalue weighted by Gasteiger charge is -1.99. The van der Waals surface area contributed by atoms with E-state index in [1.54, 1.807) is 0 Å². The van der Waals surface area contributed by atoms with Gasteiger partial charge in [0.15, 0.2) is 0 Å². The molecule has 18 heavy (non-hydrogen) atoms. The minimum atomic E-state index is -1.01. The van der Waals surface area contributed by atoms with Crippen LogP contribution in [0.25, 0.3) is 10.4 Å². The van der Waals surface area contributed by atoms with Gasteiger partial charge in [-0.3, -0.25) is 4.79 Å². The van der Waals surface area contributed by atoms with Crippen molar-refractivity contribution in [1.29, 1.82) is 0 Å². The number of hydrogen-bond acceptors (Lipinski definition) is 2. The summed E-state index contributed by atoms with van der Waals surface area (Å²) in [5, 5.41) is 11.9. The highest BCUT2D eigenvalue weighted by Gasteiger charge is 2.04. The maximum Gasteiger partial charge on any atom is 0.307 e. The Morgan fingerprint density at radius 3 is 2.94 bits per heavy atom. The van der Waals surface area contributed by atoms with Crippen molar-refractivity contribution in [2.45, 2.75) is 12.8 Å². The summed E-state index contributed by atoms with van der Waals surface area (Å²) in [5.41, 5.74) is 8.62. The third kappa shape index (κ3) is 4.56. The molecule has 1 aromatic carbocycles. The predicted molar refractivity (Wildman–Crippen MR) is 63.2 cm³/mol. The number of carboxylic acid groups (broad SMARTS) is 1. The average Bonchev–Trinajstić information content (AvgIpc) is 2.30. The van der Waals surface area contributed by atoms with Gasteiger partial charge in [0, 0.05) is 17.9 Å². The summed E-state index contributed by atoms with van der Waals surface area (Å²) in [6, 6.07) is 4.12. The summed E-state index contributed by atoms with van der Waals surface area (Å²) in [4.78, 5) is 13.0. The number of carboxylic acids is 1. The van der Waals surface area contributed by atoms with E-state index in [1.807, 2.05) is 0 Å². The maximum atomic E-state index is 13.5. The van der Waals surface area contributed by atoms with Crippen LogP contribution in [0.4, 0.5) is 4.39 Å². The van der Waals surface area contributed by atoms with Crippen LogP contribution in [0.3, 0.4) is 0 Å². The van der Waals surface area contributed by atoms with Crippen molar-refractivity contribution in [2.24, 2.45) is 5.11 Å². The van der Waals surface area contributed by atoms with Crippen molar-refractivity contribution in [2.75, 3.05) is 6.54 Å². The van der Waals surface area contributed by atoms with Crippen molar-refractivity contribution in [3.05, 3.63) is 45.6 Å². The molecule has 0 fully saturated rings. The lowest BCUT2D eigenvalue weighted by molar-refractivity contribution is -0.136. The van der Waals surface area contributed by atoms with E-state index < -0.39 is 11.8 Å². The highest BCUT2D eigenvalue weighted by molar-refractivity contribution is 5.70. The van der Waals surface area contributed by atoms with Crippen molar-refractivity contribution in [3.8, 4) is 11.8 Å². The molecule has 1 rings (SSSR count). The Balaban J connectivity index is 2.73. The van der Waals surface area contributed by atoms with E-state index in [4.69, 9.17) is 10.6 Å². The Kier molecular flexibility index (Phi) is 5.23. The molecule has 0 saturated carbocycles. The highest BCUT2D eigenvalue weighted by atomic mass is 19.1. The lowest BCUT2D eigenvalue weighted by atomic mass is 10.1. The minimum absolute atomic E-state index is 0.199. The standard InChI is InChI=1S/C12H10FN3O2/c13-11-7-9(8-12(17)18)4-5-10(11)3-1-2-6-15-16-14/h4-5,7H,2,6,8H2,(H,17,18). The molecule has 1 N–H and O–H groups in total. The molecule has 0 atom stereocenters. The quantitative estimate of drug-likeness (QED) is 0.291. The largest absolute Gasteiger partial charge is 0.481 e. The molecule has 0 aliphatic rings. The third-order valence-corrected chi connectivity index (χ3v) is 2.01. The molecule has 0 aromatic heterocycles. The van der Waals surface area contributed by atoms with E-state index in [0.29, 0.717) is 12.0 Å². The Hall–Kier alpha value is -2.51. The van der Waals surface area contributed by atoms with Gasteiger partial charge < -0.3 is 5.11 Å². The van der Waals surface area contributed by atoms with Gasteiger partial charge in [-0.15, -0.1) is 0 Å². The van der Waals surface area contributed by atoms with E-state index in [1.165, 1.54) is 12.1 Å². The van der Waals surface area contributed by atoms with Crippen LogP contribution in [-0.4, -0.2) is 17.6 Å². The molecule has 0 amide bonds. The zero-order valence-electron chi connectivity index (χ0n) is 9.43. The van der Waals surface area contributed by atoms with E-state index in [2.05, 4.69) is 21.9 Å². The van der Waals surface area contributed by atoms with E-state index in [9.17, 15) is 9.18 Å². The molecular weight excluding hydrogens is 237 g/mol. The first-order chi connectivity index (χ1) is 8.63. The first kappa shape index (κ1) is 13.6. The van der Waals surface area contributed by atoms with E-state index in [-0.39, 0.29) is 18.5 Å². The van der Waals surface area contributed by atoms with Crippen molar-refractivity contribution in [3.63, 3.8) is 0 Å². The predicted octanol–water partition coefficient (Wildman–Crippen LogP) is 2.50. The zero-order valence-corrected chi connectivity index (χ0v) is 9.43. The molecule has 0 aliphatic carbocycles. The summed E-state index contributed by atoms with van der Waals surface area (Å²) in [5.74, 6) is 3.70. The lowest BCUT2D eigenvalue weighted by Crippen LogP contribution is -2.00. The van der Waals surface area contributed by atoms with Crippen LogP contribution in [0.15, 0.2) is 23.3 Å². The highest BCUT2D eigenvalue weighted by Crippen LogP contribution is 2.10. The maximum absolute atomic E-state index is 13.5. The SMILES string of the molecule is [N-]=[N+]=NCCC#Cc1ccc(CC(=O)O)cc1F. The fraction of sp³-hybridized carbons (Fsp3) is 0.250. The van der Waals surface area contributed by atoms with Crippen LogP contribution in [-0.2, 0) is 11.2 Å². The summed E-state index contributed by atoms with van der Waals surface area (Å²) in [6.45, 7) is 0.238. The van der Waals surface area contributed by atoms with Gasteiger partial charge in [0.2, 0.25) is 0 Å². The van der Waals surface area contributed by atoms with Crippen LogP contribution < -0.4 is 0 Å². The van der Waals surface area contributed by atoms with Crippen LogP contribution in [0.1, 0.15) is 17.5 Å². The second-order valence-corrected chi connectivity index (χ2v) is 3.39. The Morgan fingerprint density at radius 2 is 2.33 bits per heavy atom. The number of hydrogen-bond donors (Lipinski definition) is 1. The Morgan fingerprint density at radius 1 is 1.56 bits per heavy atom. The van der Waals surface area contributed by atoms with Gasteiger partial charge in [0.25, 0.3) is 0 Å². The Labute approximate surface area is 103 Å². The molecule has 0 spiro atoms. The number of rotatable bonds is 4. The monoisotopic (exact) mass is 247 g/mol. The van der Waals surface area contributed by atoms with Crippen molar-refractivity contribution < 1.29 is 14.3 Å². The first-order valence-electron chi connectivity index (χ1n) is 5.13. The summed E-state index contributed by atoms with van der Waals surface area (Å²) in [6.07, 6.45) is 0.127. The van der Waals surface area contributed by atoms with Crippen molar-refractivity contribution >= 4 is 5.97 Å². The molecular formula is C12H10FN3O2. The summed E-state index contributed by atoms with van der Waals surface area (Å²) in [7, 11) is 0. The average molecular weight is 247 g/mol. The number of carbonyl (C=O) groups is 1. The smallest absolute Gasteiger partial charge is 0.307 e. The molecule has 0 saturated heterocycles. The second kappa shape index (κ2) is 6.94. The van der Waals surface area contributed by atoms with E-state index >= 15 is 0 Å². The Bertz CT molecular complexity index is 554. The molecule has 0 heterocycles. The van der Waals surface area contributed by atoms with Gasteiger partial charge in [0.05, 0.1) is 12.0 Å². The number of azide groups is 1. The minimum Gasteiger partial charge on any atom is -0.481 e. The van der Waals surface area contributed by atoms with Gasteiger partial charge in [-0.2, -0.15) is 0 Å². The number of nitrogens with zero attached hydrogens (tertiary/aromatic N) is 3. The van der Waals surface area contributed by atoms with Gasteiger partial charge >= 0.3 is 5.97 Å². The van der Waals surface area contributed by atoms with Gasteiger partial charge in [-0.05, 0) is 23.2 Å². The van der Waals surface area contributed by atoms with Gasteiger partial charge in [-0.1, -0.05) is 23.0 Å². The number of halogens is 1. The molecule has 6 heteroatoms. The third-order valence-electron chi connectivity index (χ3n) is 2.01. The fourth-order valence-electron chi connectivity index (χ4n) is 1.25. The molecule has 0 bridgehead atoms. The van der Waals surface area contributed by atoms with E-state index in [0.717, 1.165) is 6.07 Å².